The number of rotatable bonds is 6. The zero-order valence-corrected chi connectivity index (χ0v) is 23.0. The van der Waals surface area contributed by atoms with Crippen molar-refractivity contribution in [2.24, 2.45) is 7.05 Å². The number of hydrogen-bond acceptors (Lipinski definition) is 6. The van der Waals surface area contributed by atoms with Crippen molar-refractivity contribution in [3.8, 4) is 16.9 Å². The maximum atomic E-state index is 13.8. The van der Waals surface area contributed by atoms with Crippen LogP contribution in [0.5, 0.6) is 0 Å². The molecule has 9 nitrogen and oxygen atoms in total. The van der Waals surface area contributed by atoms with Crippen molar-refractivity contribution >= 4 is 17.3 Å². The average molecular weight is 553 g/mol. The fourth-order valence-corrected chi connectivity index (χ4v) is 4.88. The standard InChI is InChI=1S/C28H31F3N8O/c1-17-6-7-19(10-26(17)39-16-25(34-35-39)24-14-32-37(5)18(24)2)27(40)33-21-11-20(28(29,30)31)12-23(13-21)38-9-8-22(15-38)36(3)4/h6-7,10-14,16,22H,8-9,15H2,1-5H3,(H,33,40)/t22-/m0/s1. The molecule has 1 aliphatic heterocycles. The maximum Gasteiger partial charge on any atom is 0.416 e. The number of carbonyl (C=O) groups excluding carboxylic acids is 1. The highest BCUT2D eigenvalue weighted by Gasteiger charge is 2.33. The van der Waals surface area contributed by atoms with Crippen LogP contribution < -0.4 is 10.2 Å². The van der Waals surface area contributed by atoms with Gasteiger partial charge in [0.25, 0.3) is 5.91 Å². The predicted molar refractivity (Wildman–Crippen MR) is 147 cm³/mol. The number of nitrogens with one attached hydrogen (secondary N) is 1. The van der Waals surface area contributed by atoms with E-state index in [1.54, 1.807) is 46.0 Å². The molecule has 1 aliphatic rings. The molecule has 1 N–H and O–H groups in total. The van der Waals surface area contributed by atoms with Gasteiger partial charge in [0.1, 0.15) is 5.69 Å². The normalized spacial score (nSPS) is 15.7. The Morgan fingerprint density at radius 3 is 2.55 bits per heavy atom. The minimum atomic E-state index is -4.55. The smallest absolute Gasteiger partial charge is 0.370 e. The van der Waals surface area contributed by atoms with Crippen molar-refractivity contribution in [2.45, 2.75) is 32.5 Å². The van der Waals surface area contributed by atoms with Crippen molar-refractivity contribution in [3.05, 3.63) is 71.2 Å². The molecule has 0 aliphatic carbocycles. The second-order valence-electron chi connectivity index (χ2n) is 10.4. The van der Waals surface area contributed by atoms with Gasteiger partial charge in [0.2, 0.25) is 0 Å². The zero-order chi connectivity index (χ0) is 28.8. The first-order chi connectivity index (χ1) is 18.9. The number of amides is 1. The molecule has 1 atom stereocenters. The lowest BCUT2D eigenvalue weighted by Gasteiger charge is -2.23. The van der Waals surface area contributed by atoms with E-state index in [2.05, 4.69) is 25.6 Å². The van der Waals surface area contributed by atoms with Gasteiger partial charge in [-0.25, -0.2) is 4.68 Å². The molecule has 1 fully saturated rings. The summed E-state index contributed by atoms with van der Waals surface area (Å²) >= 11 is 0. The van der Waals surface area contributed by atoms with Gasteiger partial charge in [-0.3, -0.25) is 9.48 Å². The van der Waals surface area contributed by atoms with Crippen LogP contribution in [0.15, 0.2) is 48.8 Å². The Bertz CT molecular complexity index is 1560. The fourth-order valence-electron chi connectivity index (χ4n) is 4.88. The predicted octanol–water partition coefficient (Wildman–Crippen LogP) is 4.70. The molecule has 40 heavy (non-hydrogen) atoms. The van der Waals surface area contributed by atoms with E-state index in [-0.39, 0.29) is 17.3 Å². The highest BCUT2D eigenvalue weighted by atomic mass is 19.4. The van der Waals surface area contributed by atoms with Crippen LogP contribution in [0.3, 0.4) is 0 Å². The molecule has 2 aromatic carbocycles. The van der Waals surface area contributed by atoms with E-state index >= 15 is 0 Å². The second-order valence-corrected chi connectivity index (χ2v) is 10.4. The van der Waals surface area contributed by atoms with Gasteiger partial charge in [0.15, 0.2) is 0 Å². The fraction of sp³-hybridized carbons (Fsp3) is 0.357. The number of halogens is 3. The molecule has 1 amide bonds. The van der Waals surface area contributed by atoms with Gasteiger partial charge in [-0.1, -0.05) is 11.3 Å². The van der Waals surface area contributed by atoms with E-state index in [9.17, 15) is 18.0 Å². The van der Waals surface area contributed by atoms with Crippen LogP contribution in [0, 0.1) is 13.8 Å². The molecular weight excluding hydrogens is 521 g/mol. The molecule has 210 valence electrons. The van der Waals surface area contributed by atoms with E-state index in [4.69, 9.17) is 0 Å². The van der Waals surface area contributed by atoms with Gasteiger partial charge < -0.3 is 15.1 Å². The summed E-state index contributed by atoms with van der Waals surface area (Å²) in [5.74, 6) is -0.525. The number of anilines is 2. The highest BCUT2D eigenvalue weighted by Crippen LogP contribution is 2.36. The number of likely N-dealkylation sites (N-methyl/N-ethyl adjacent to an activating group) is 1. The monoisotopic (exact) mass is 552 g/mol. The molecular formula is C28H31F3N8O. The second kappa shape index (κ2) is 10.4. The Morgan fingerprint density at radius 1 is 1.12 bits per heavy atom. The summed E-state index contributed by atoms with van der Waals surface area (Å²) in [5, 5.41) is 15.4. The summed E-state index contributed by atoms with van der Waals surface area (Å²) in [7, 11) is 5.76. The van der Waals surface area contributed by atoms with Gasteiger partial charge in [0, 0.05) is 54.4 Å². The number of nitrogens with zero attached hydrogens (tertiary/aromatic N) is 7. The zero-order valence-electron chi connectivity index (χ0n) is 23.0. The van der Waals surface area contributed by atoms with E-state index in [1.165, 1.54) is 0 Å². The number of aryl methyl sites for hydroxylation is 2. The summed E-state index contributed by atoms with van der Waals surface area (Å²) in [4.78, 5) is 17.2. The molecule has 5 rings (SSSR count). The Balaban J connectivity index is 1.42. The van der Waals surface area contributed by atoms with E-state index in [0.717, 1.165) is 35.4 Å². The maximum absolute atomic E-state index is 13.8. The van der Waals surface area contributed by atoms with Crippen LogP contribution in [-0.2, 0) is 13.2 Å². The number of alkyl halides is 3. The Hall–Kier alpha value is -4.19. The first-order valence-electron chi connectivity index (χ1n) is 12.9. The summed E-state index contributed by atoms with van der Waals surface area (Å²) in [6, 6.07) is 9.01. The van der Waals surface area contributed by atoms with Crippen LogP contribution in [0.1, 0.15) is 33.6 Å². The van der Waals surface area contributed by atoms with Crippen molar-refractivity contribution in [1.82, 2.24) is 29.7 Å². The average Bonchev–Trinajstić information content (AvgIpc) is 3.65. The molecule has 4 aromatic rings. The molecule has 0 saturated carbocycles. The molecule has 12 heteroatoms. The molecule has 0 unspecified atom stereocenters. The van der Waals surface area contributed by atoms with Crippen LogP contribution in [-0.4, -0.2) is 68.8 Å². The number of carbonyl (C=O) groups is 1. The summed E-state index contributed by atoms with van der Waals surface area (Å²) < 4.78 is 44.6. The third-order valence-electron chi connectivity index (χ3n) is 7.48. The van der Waals surface area contributed by atoms with E-state index in [1.807, 2.05) is 39.9 Å². The lowest BCUT2D eigenvalue weighted by Crippen LogP contribution is -2.31. The van der Waals surface area contributed by atoms with Gasteiger partial charge in [-0.2, -0.15) is 18.3 Å². The van der Waals surface area contributed by atoms with Crippen molar-refractivity contribution < 1.29 is 18.0 Å². The molecule has 2 aromatic heterocycles. The van der Waals surface area contributed by atoms with E-state index < -0.39 is 17.6 Å². The van der Waals surface area contributed by atoms with Crippen molar-refractivity contribution in [1.29, 1.82) is 0 Å². The van der Waals surface area contributed by atoms with Gasteiger partial charge in [-0.05, 0) is 70.3 Å². The largest absolute Gasteiger partial charge is 0.416 e. The Labute approximate surface area is 230 Å². The number of hydrogen-bond donors (Lipinski definition) is 1. The SMILES string of the molecule is Cc1ccc(C(=O)Nc2cc(N3CC[C@H](N(C)C)C3)cc(C(F)(F)F)c2)cc1-n1cc(-c2cnn(C)c2C)nn1. The minimum absolute atomic E-state index is 0.0837. The molecule has 0 spiro atoms. The third kappa shape index (κ3) is 5.44. The van der Waals surface area contributed by atoms with Gasteiger partial charge >= 0.3 is 6.18 Å². The topological polar surface area (TPSA) is 84.1 Å². The third-order valence-corrected chi connectivity index (χ3v) is 7.48. The number of aromatic nitrogens is 5. The highest BCUT2D eigenvalue weighted by molar-refractivity contribution is 6.05. The van der Waals surface area contributed by atoms with Crippen LogP contribution in [0.2, 0.25) is 0 Å². The lowest BCUT2D eigenvalue weighted by atomic mass is 10.1. The molecule has 0 radical (unpaired) electrons. The summed E-state index contributed by atoms with van der Waals surface area (Å²) in [5.41, 5.74) is 3.88. The molecule has 3 heterocycles. The molecule has 1 saturated heterocycles. The van der Waals surface area contributed by atoms with Gasteiger partial charge in [-0.15, -0.1) is 5.10 Å². The molecule has 0 bridgehead atoms. The van der Waals surface area contributed by atoms with Crippen LogP contribution in [0.4, 0.5) is 24.5 Å². The lowest BCUT2D eigenvalue weighted by molar-refractivity contribution is -0.137. The first kappa shape index (κ1) is 27.4. The van der Waals surface area contributed by atoms with Crippen LogP contribution >= 0.6 is 0 Å². The van der Waals surface area contributed by atoms with E-state index in [0.29, 0.717) is 30.2 Å². The quantitative estimate of drug-likeness (QED) is 0.374. The Kier molecular flexibility index (Phi) is 7.13. The number of benzene rings is 2. The van der Waals surface area contributed by atoms with Crippen LogP contribution in [0.25, 0.3) is 16.9 Å². The first-order valence-corrected chi connectivity index (χ1v) is 12.9. The van der Waals surface area contributed by atoms with Gasteiger partial charge in [0.05, 0.1) is 23.6 Å². The van der Waals surface area contributed by atoms with Crippen molar-refractivity contribution in [3.63, 3.8) is 0 Å². The van der Waals surface area contributed by atoms with Crippen molar-refractivity contribution in [2.75, 3.05) is 37.4 Å². The summed E-state index contributed by atoms with van der Waals surface area (Å²) in [6.07, 6.45) is -0.233. The Morgan fingerprint density at radius 2 is 1.90 bits per heavy atom. The minimum Gasteiger partial charge on any atom is -0.370 e. The summed E-state index contributed by atoms with van der Waals surface area (Å²) in [6.45, 7) is 5.06.